The van der Waals surface area contributed by atoms with Crippen LogP contribution in [0, 0.1) is 11.8 Å². The van der Waals surface area contributed by atoms with Crippen molar-refractivity contribution in [3.05, 3.63) is 0 Å². The monoisotopic (exact) mass is 416 g/mol. The van der Waals surface area contributed by atoms with Crippen molar-refractivity contribution in [3.63, 3.8) is 0 Å². The maximum Gasteiger partial charge on any atom is 0.326 e. The van der Waals surface area contributed by atoms with Crippen LogP contribution in [0.2, 0.25) is 0 Å². The third kappa shape index (κ3) is 10.4. The summed E-state index contributed by atoms with van der Waals surface area (Å²) in [6, 6.07) is -3.44. The second-order valence-electron chi connectivity index (χ2n) is 7.52. The van der Waals surface area contributed by atoms with Crippen molar-refractivity contribution >= 4 is 29.7 Å². The van der Waals surface area contributed by atoms with E-state index in [4.69, 9.17) is 10.8 Å². The van der Waals surface area contributed by atoms with Gasteiger partial charge in [-0.3, -0.25) is 19.2 Å². The molecule has 0 bridgehead atoms. The van der Waals surface area contributed by atoms with Crippen molar-refractivity contribution in [1.82, 2.24) is 16.0 Å². The Morgan fingerprint density at radius 3 is 1.83 bits per heavy atom. The molecule has 0 fully saturated rings. The number of amides is 3. The molecular weight excluding hydrogens is 384 g/mol. The zero-order chi connectivity index (χ0) is 22.7. The molecule has 0 aliphatic carbocycles. The first-order valence-corrected chi connectivity index (χ1v) is 9.43. The minimum atomic E-state index is -1.27. The molecule has 0 aliphatic rings. The van der Waals surface area contributed by atoms with Crippen molar-refractivity contribution < 1.29 is 34.2 Å². The zero-order valence-corrected chi connectivity index (χ0v) is 17.2. The van der Waals surface area contributed by atoms with Gasteiger partial charge in [0.1, 0.15) is 18.1 Å². The van der Waals surface area contributed by atoms with Crippen LogP contribution < -0.4 is 21.7 Å². The average molecular weight is 416 g/mol. The molecule has 11 heteroatoms. The molecule has 3 unspecified atom stereocenters. The SMILES string of the molecule is CC(C)CC(NC(=O)C(CCC(=O)O)NC(=O)C(NC(=O)CN)C(C)C)C(=O)O. The van der Waals surface area contributed by atoms with E-state index < -0.39 is 54.2 Å². The number of carbonyl (C=O) groups is 5. The molecule has 0 saturated heterocycles. The molecule has 0 aromatic carbocycles. The van der Waals surface area contributed by atoms with E-state index in [0.29, 0.717) is 0 Å². The second-order valence-corrected chi connectivity index (χ2v) is 7.52. The van der Waals surface area contributed by atoms with Gasteiger partial charge in [-0.25, -0.2) is 4.79 Å². The van der Waals surface area contributed by atoms with E-state index in [2.05, 4.69) is 16.0 Å². The van der Waals surface area contributed by atoms with E-state index in [1.165, 1.54) is 0 Å². The summed E-state index contributed by atoms with van der Waals surface area (Å²) in [5.74, 6) is -4.81. The van der Waals surface area contributed by atoms with E-state index >= 15 is 0 Å². The minimum Gasteiger partial charge on any atom is -0.481 e. The van der Waals surface area contributed by atoms with Crippen LogP contribution >= 0.6 is 0 Å². The Hall–Kier alpha value is -2.69. The highest BCUT2D eigenvalue weighted by Gasteiger charge is 2.31. The second kappa shape index (κ2) is 12.7. The fourth-order valence-corrected chi connectivity index (χ4v) is 2.53. The van der Waals surface area contributed by atoms with Gasteiger partial charge in [0.15, 0.2) is 0 Å². The molecule has 0 aromatic rings. The Bertz CT molecular complexity index is 607. The number of rotatable bonds is 13. The number of nitrogens with two attached hydrogens (primary N) is 1. The van der Waals surface area contributed by atoms with Crippen LogP contribution in [0.5, 0.6) is 0 Å². The van der Waals surface area contributed by atoms with E-state index in [1.54, 1.807) is 27.7 Å². The number of hydrogen-bond acceptors (Lipinski definition) is 6. The van der Waals surface area contributed by atoms with Gasteiger partial charge in [-0.05, 0) is 24.7 Å². The first-order valence-electron chi connectivity index (χ1n) is 9.43. The molecule has 0 aromatic heterocycles. The highest BCUT2D eigenvalue weighted by atomic mass is 16.4. The zero-order valence-electron chi connectivity index (χ0n) is 17.2. The van der Waals surface area contributed by atoms with E-state index in [9.17, 15) is 29.1 Å². The van der Waals surface area contributed by atoms with Gasteiger partial charge in [-0.1, -0.05) is 27.7 Å². The number of carboxylic acid groups (broad SMARTS) is 2. The van der Waals surface area contributed by atoms with Crippen LogP contribution in [-0.4, -0.2) is 64.5 Å². The summed E-state index contributed by atoms with van der Waals surface area (Å²) in [5.41, 5.74) is 5.25. The van der Waals surface area contributed by atoms with Gasteiger partial charge in [0.2, 0.25) is 17.7 Å². The minimum absolute atomic E-state index is 0.0137. The maximum absolute atomic E-state index is 12.6. The summed E-state index contributed by atoms with van der Waals surface area (Å²) < 4.78 is 0. The van der Waals surface area contributed by atoms with E-state index in [-0.39, 0.29) is 31.2 Å². The number of nitrogens with one attached hydrogen (secondary N) is 3. The molecular formula is C18H32N4O7. The molecule has 0 aliphatic heterocycles. The Labute approximate surface area is 169 Å². The van der Waals surface area contributed by atoms with Crippen LogP contribution in [0.4, 0.5) is 0 Å². The quantitative estimate of drug-likeness (QED) is 0.221. The summed E-state index contributed by atoms with van der Waals surface area (Å²) in [4.78, 5) is 59.0. The molecule has 11 nitrogen and oxygen atoms in total. The predicted molar refractivity (Wildman–Crippen MR) is 104 cm³/mol. The lowest BCUT2D eigenvalue weighted by Crippen LogP contribution is -2.57. The maximum atomic E-state index is 12.6. The molecule has 7 N–H and O–H groups in total. The molecule has 0 rings (SSSR count). The van der Waals surface area contributed by atoms with Crippen LogP contribution in [0.25, 0.3) is 0 Å². The Morgan fingerprint density at radius 2 is 1.41 bits per heavy atom. The third-order valence-electron chi connectivity index (χ3n) is 4.05. The first-order chi connectivity index (χ1) is 13.4. The van der Waals surface area contributed by atoms with Crippen LogP contribution in [0.15, 0.2) is 0 Å². The molecule has 29 heavy (non-hydrogen) atoms. The molecule has 0 saturated carbocycles. The fourth-order valence-electron chi connectivity index (χ4n) is 2.53. The Balaban J connectivity index is 5.39. The lowest BCUT2D eigenvalue weighted by Gasteiger charge is -2.26. The number of aliphatic carboxylic acids is 2. The van der Waals surface area contributed by atoms with Crippen molar-refractivity contribution in [1.29, 1.82) is 0 Å². The Morgan fingerprint density at radius 1 is 0.862 bits per heavy atom. The highest BCUT2D eigenvalue weighted by Crippen LogP contribution is 2.08. The summed E-state index contributed by atoms with van der Waals surface area (Å²) >= 11 is 0. The lowest BCUT2D eigenvalue weighted by molar-refractivity contribution is -0.143. The van der Waals surface area contributed by atoms with Gasteiger partial charge in [-0.2, -0.15) is 0 Å². The first kappa shape index (κ1) is 26.3. The van der Waals surface area contributed by atoms with Crippen LogP contribution in [0.1, 0.15) is 47.0 Å². The number of carbonyl (C=O) groups excluding carboxylic acids is 3. The van der Waals surface area contributed by atoms with Crippen molar-refractivity contribution in [2.75, 3.05) is 6.54 Å². The van der Waals surface area contributed by atoms with Crippen LogP contribution in [0.3, 0.4) is 0 Å². The normalized spacial score (nSPS) is 14.0. The summed E-state index contributed by atoms with van der Waals surface area (Å²) in [7, 11) is 0. The van der Waals surface area contributed by atoms with Crippen molar-refractivity contribution in [3.8, 4) is 0 Å². The summed E-state index contributed by atoms with van der Waals surface area (Å²) in [5, 5.41) is 25.4. The van der Waals surface area contributed by atoms with Crippen molar-refractivity contribution in [2.45, 2.75) is 65.1 Å². The van der Waals surface area contributed by atoms with Crippen molar-refractivity contribution in [2.24, 2.45) is 17.6 Å². The predicted octanol–water partition coefficient (Wildman–Crippen LogP) is -0.949. The molecule has 0 spiro atoms. The number of hydrogen-bond donors (Lipinski definition) is 6. The van der Waals surface area contributed by atoms with E-state index in [0.717, 1.165) is 0 Å². The van der Waals surface area contributed by atoms with Gasteiger partial charge in [0, 0.05) is 6.42 Å². The summed E-state index contributed by atoms with van der Waals surface area (Å²) in [6.45, 7) is 6.61. The van der Waals surface area contributed by atoms with Gasteiger partial charge in [0.25, 0.3) is 0 Å². The van der Waals surface area contributed by atoms with Gasteiger partial charge in [0.05, 0.1) is 6.54 Å². The van der Waals surface area contributed by atoms with E-state index in [1.807, 2.05) is 0 Å². The molecule has 3 atom stereocenters. The summed E-state index contributed by atoms with van der Waals surface area (Å²) in [6.07, 6.45) is -0.486. The van der Waals surface area contributed by atoms with Gasteiger partial charge < -0.3 is 31.9 Å². The molecule has 0 heterocycles. The van der Waals surface area contributed by atoms with Gasteiger partial charge >= 0.3 is 11.9 Å². The fraction of sp³-hybridized carbons (Fsp3) is 0.722. The van der Waals surface area contributed by atoms with Crippen LogP contribution in [-0.2, 0) is 24.0 Å². The third-order valence-corrected chi connectivity index (χ3v) is 4.05. The standard InChI is InChI=1S/C18H32N4O7/c1-9(2)7-12(18(28)29)21-16(26)11(5-6-14(24)25)20-17(27)15(10(3)4)22-13(23)8-19/h9-12,15H,5-8,19H2,1-4H3,(H,20,27)(H,21,26)(H,22,23)(H,24,25)(H,28,29). The molecule has 166 valence electrons. The molecule has 0 radical (unpaired) electrons. The Kier molecular flexibility index (Phi) is 11.5. The largest absolute Gasteiger partial charge is 0.481 e. The van der Waals surface area contributed by atoms with Gasteiger partial charge in [-0.15, -0.1) is 0 Å². The smallest absolute Gasteiger partial charge is 0.326 e. The lowest BCUT2D eigenvalue weighted by atomic mass is 10.0. The highest BCUT2D eigenvalue weighted by molar-refractivity contribution is 5.93. The topological polar surface area (TPSA) is 188 Å². The molecule has 3 amide bonds. The number of carboxylic acids is 2. The average Bonchev–Trinajstić information content (AvgIpc) is 2.60.